The second-order valence-corrected chi connectivity index (χ2v) is 8.53. The van der Waals surface area contributed by atoms with Crippen LogP contribution >= 0.6 is 0 Å². The first kappa shape index (κ1) is 19.2. The smallest absolute Gasteiger partial charge is 0.326 e. The molecule has 1 N–H and O–H groups in total. The maximum atomic E-state index is 14.1. The summed E-state index contributed by atoms with van der Waals surface area (Å²) in [5.41, 5.74) is 0.479. The van der Waals surface area contributed by atoms with Crippen molar-refractivity contribution in [1.29, 1.82) is 0 Å². The summed E-state index contributed by atoms with van der Waals surface area (Å²) in [7, 11) is 1.56. The Balaban J connectivity index is 1.40. The Morgan fingerprint density at radius 3 is 2.61 bits per heavy atom. The fourth-order valence-corrected chi connectivity index (χ4v) is 4.66. The number of hydrogen-bond donors (Lipinski definition) is 1. The van der Waals surface area contributed by atoms with E-state index in [0.29, 0.717) is 30.8 Å². The summed E-state index contributed by atoms with van der Waals surface area (Å²) in [4.78, 5) is 28.1. The predicted molar refractivity (Wildman–Crippen MR) is 100 cm³/mol. The Bertz CT molecular complexity index is 772. The highest BCUT2D eigenvalue weighted by molar-refractivity contribution is 5.87. The molecule has 1 aromatic carbocycles. The standard InChI is InChI=1S/C21H27FN2O4/c1-28-16-4-5-17(22)15(10-16)12-23-8-6-21(7-9-23)11-18(20(26)27)24(13-21)19(25)14-2-3-14/h4-5,10,14,18H,2-3,6-9,11-13H2,1H3,(H,26,27). The van der Waals surface area contributed by atoms with Crippen LogP contribution in [0.1, 0.15) is 37.7 Å². The van der Waals surface area contributed by atoms with Crippen molar-refractivity contribution in [2.24, 2.45) is 11.3 Å². The highest BCUT2D eigenvalue weighted by Crippen LogP contribution is 2.45. The third-order valence-electron chi connectivity index (χ3n) is 6.57. The molecule has 3 aliphatic rings. The number of hydrogen-bond acceptors (Lipinski definition) is 4. The van der Waals surface area contributed by atoms with E-state index in [2.05, 4.69) is 4.90 Å². The lowest BCUT2D eigenvalue weighted by Gasteiger charge is -2.39. The number of rotatable bonds is 5. The zero-order valence-corrected chi connectivity index (χ0v) is 16.2. The van der Waals surface area contributed by atoms with Crippen molar-refractivity contribution in [3.05, 3.63) is 29.6 Å². The first-order chi connectivity index (χ1) is 13.4. The third-order valence-corrected chi connectivity index (χ3v) is 6.57. The summed E-state index contributed by atoms with van der Waals surface area (Å²) in [5.74, 6) is -0.446. The fraction of sp³-hybridized carbons (Fsp3) is 0.619. The van der Waals surface area contributed by atoms with Crippen molar-refractivity contribution in [2.45, 2.75) is 44.7 Å². The van der Waals surface area contributed by atoms with Crippen molar-refractivity contribution in [3.63, 3.8) is 0 Å². The molecule has 1 aliphatic carbocycles. The SMILES string of the molecule is COc1ccc(F)c(CN2CCC3(CC2)CC(C(=O)O)N(C(=O)C2CC2)C3)c1. The van der Waals surface area contributed by atoms with Gasteiger partial charge in [-0.05, 0) is 68.8 Å². The number of carbonyl (C=O) groups excluding carboxylic acids is 1. The van der Waals surface area contributed by atoms with Crippen LogP contribution in [0.5, 0.6) is 5.75 Å². The normalized spacial score (nSPS) is 24.5. The lowest BCUT2D eigenvalue weighted by atomic mass is 9.76. The number of piperidine rings is 1. The number of likely N-dealkylation sites (tertiary alicyclic amines) is 2. The summed E-state index contributed by atoms with van der Waals surface area (Å²) >= 11 is 0. The van der Waals surface area contributed by atoms with Crippen LogP contribution < -0.4 is 4.74 Å². The van der Waals surface area contributed by atoms with Crippen LogP contribution in [0.4, 0.5) is 4.39 Å². The number of benzene rings is 1. The maximum Gasteiger partial charge on any atom is 0.326 e. The van der Waals surface area contributed by atoms with Gasteiger partial charge in [0.1, 0.15) is 17.6 Å². The van der Waals surface area contributed by atoms with Gasteiger partial charge in [0.25, 0.3) is 0 Å². The number of carboxylic acids is 1. The van der Waals surface area contributed by atoms with Gasteiger partial charge in [0.2, 0.25) is 5.91 Å². The minimum Gasteiger partial charge on any atom is -0.497 e. The minimum absolute atomic E-state index is 0.0187. The number of amides is 1. The quantitative estimate of drug-likeness (QED) is 0.837. The molecule has 0 aromatic heterocycles. The Kier molecular flexibility index (Phi) is 5.04. The Morgan fingerprint density at radius 1 is 1.29 bits per heavy atom. The van der Waals surface area contributed by atoms with Gasteiger partial charge < -0.3 is 14.7 Å². The van der Waals surface area contributed by atoms with E-state index >= 15 is 0 Å². The molecule has 4 rings (SSSR count). The van der Waals surface area contributed by atoms with E-state index in [1.54, 1.807) is 24.1 Å². The van der Waals surface area contributed by atoms with Crippen molar-refractivity contribution in [1.82, 2.24) is 9.80 Å². The molecule has 0 radical (unpaired) electrons. The lowest BCUT2D eigenvalue weighted by molar-refractivity contribution is -0.148. The molecule has 2 heterocycles. The van der Waals surface area contributed by atoms with Gasteiger partial charge in [0.15, 0.2) is 0 Å². The number of methoxy groups -OCH3 is 1. The monoisotopic (exact) mass is 390 g/mol. The maximum absolute atomic E-state index is 14.1. The van der Waals surface area contributed by atoms with E-state index < -0.39 is 12.0 Å². The highest BCUT2D eigenvalue weighted by Gasteiger charge is 2.51. The van der Waals surface area contributed by atoms with E-state index in [0.717, 1.165) is 38.8 Å². The van der Waals surface area contributed by atoms with Crippen LogP contribution in [0, 0.1) is 17.2 Å². The molecule has 2 saturated heterocycles. The van der Waals surface area contributed by atoms with Crippen LogP contribution in [-0.4, -0.2) is 59.6 Å². The predicted octanol–water partition coefficient (Wildman–Crippen LogP) is 2.51. The van der Waals surface area contributed by atoms with E-state index in [1.807, 2.05) is 0 Å². The topological polar surface area (TPSA) is 70.1 Å². The molecule has 1 saturated carbocycles. The molecule has 1 spiro atoms. The number of halogens is 1. The Morgan fingerprint density at radius 2 is 2.00 bits per heavy atom. The van der Waals surface area contributed by atoms with Gasteiger partial charge in [-0.1, -0.05) is 0 Å². The summed E-state index contributed by atoms with van der Waals surface area (Å²) in [6, 6.07) is 4.07. The van der Waals surface area contributed by atoms with Gasteiger partial charge in [0.05, 0.1) is 7.11 Å². The summed E-state index contributed by atoms with van der Waals surface area (Å²) in [6.45, 7) is 2.59. The molecule has 1 unspecified atom stereocenters. The molecule has 7 heteroatoms. The molecule has 0 bridgehead atoms. The average Bonchev–Trinajstić information content (AvgIpc) is 3.47. The third kappa shape index (κ3) is 3.72. The largest absolute Gasteiger partial charge is 0.497 e. The van der Waals surface area contributed by atoms with Gasteiger partial charge in [-0.2, -0.15) is 0 Å². The number of ether oxygens (including phenoxy) is 1. The Hall–Kier alpha value is -2.15. The summed E-state index contributed by atoms with van der Waals surface area (Å²) < 4.78 is 19.3. The zero-order chi connectivity index (χ0) is 19.9. The second kappa shape index (κ2) is 7.35. The molecule has 1 amide bonds. The Labute approximate surface area is 164 Å². The molecule has 6 nitrogen and oxygen atoms in total. The number of carbonyl (C=O) groups is 2. The van der Waals surface area contributed by atoms with E-state index in [4.69, 9.17) is 4.74 Å². The van der Waals surface area contributed by atoms with Crippen LogP contribution in [0.15, 0.2) is 18.2 Å². The summed E-state index contributed by atoms with van der Waals surface area (Å²) in [6.07, 6.45) is 3.96. The van der Waals surface area contributed by atoms with Crippen molar-refractivity contribution >= 4 is 11.9 Å². The van der Waals surface area contributed by atoms with Crippen LogP contribution in [0.2, 0.25) is 0 Å². The van der Waals surface area contributed by atoms with Crippen LogP contribution in [0.3, 0.4) is 0 Å². The molecular formula is C21H27FN2O4. The van der Waals surface area contributed by atoms with Gasteiger partial charge >= 0.3 is 5.97 Å². The van der Waals surface area contributed by atoms with E-state index in [1.165, 1.54) is 6.07 Å². The molecular weight excluding hydrogens is 363 g/mol. The van der Waals surface area contributed by atoms with Gasteiger partial charge in [0, 0.05) is 24.6 Å². The molecule has 1 atom stereocenters. The van der Waals surface area contributed by atoms with Gasteiger partial charge in [-0.15, -0.1) is 0 Å². The van der Waals surface area contributed by atoms with Crippen molar-refractivity contribution in [3.8, 4) is 5.75 Å². The number of carboxylic acid groups (broad SMARTS) is 1. The molecule has 2 aliphatic heterocycles. The van der Waals surface area contributed by atoms with E-state index in [-0.39, 0.29) is 23.1 Å². The lowest BCUT2D eigenvalue weighted by Crippen LogP contribution is -2.43. The van der Waals surface area contributed by atoms with Gasteiger partial charge in [-0.25, -0.2) is 9.18 Å². The first-order valence-electron chi connectivity index (χ1n) is 9.99. The summed E-state index contributed by atoms with van der Waals surface area (Å²) in [5, 5.41) is 9.62. The highest BCUT2D eigenvalue weighted by atomic mass is 19.1. The molecule has 1 aromatic rings. The van der Waals surface area contributed by atoms with Crippen LogP contribution in [-0.2, 0) is 16.1 Å². The fourth-order valence-electron chi connectivity index (χ4n) is 4.66. The van der Waals surface area contributed by atoms with Crippen LogP contribution in [0.25, 0.3) is 0 Å². The molecule has 3 fully saturated rings. The minimum atomic E-state index is -0.897. The second-order valence-electron chi connectivity index (χ2n) is 8.53. The number of aliphatic carboxylic acids is 1. The number of nitrogens with zero attached hydrogens (tertiary/aromatic N) is 2. The van der Waals surface area contributed by atoms with Crippen molar-refractivity contribution < 1.29 is 23.8 Å². The first-order valence-corrected chi connectivity index (χ1v) is 9.99. The molecule has 152 valence electrons. The molecule has 28 heavy (non-hydrogen) atoms. The van der Waals surface area contributed by atoms with E-state index in [9.17, 15) is 19.1 Å². The average molecular weight is 390 g/mol. The van der Waals surface area contributed by atoms with Gasteiger partial charge in [-0.3, -0.25) is 9.69 Å². The van der Waals surface area contributed by atoms with Crippen molar-refractivity contribution in [2.75, 3.05) is 26.7 Å². The zero-order valence-electron chi connectivity index (χ0n) is 16.2.